The molecule has 0 saturated carbocycles. The number of nitrogens with one attached hydrogen (secondary N) is 1. The van der Waals surface area contributed by atoms with Crippen molar-refractivity contribution < 1.29 is 18.7 Å². The van der Waals surface area contributed by atoms with Gasteiger partial charge in [-0.15, -0.1) is 0 Å². The number of amides is 2. The molecule has 0 unspecified atom stereocenters. The average molecular weight is 328 g/mol. The molecule has 0 spiro atoms. The van der Waals surface area contributed by atoms with Gasteiger partial charge in [0.15, 0.2) is 6.61 Å². The summed E-state index contributed by atoms with van der Waals surface area (Å²) >= 11 is 0. The summed E-state index contributed by atoms with van der Waals surface area (Å²) in [5, 5.41) is 2.74. The van der Waals surface area contributed by atoms with Crippen LogP contribution >= 0.6 is 0 Å². The van der Waals surface area contributed by atoms with Crippen LogP contribution in [0.5, 0.6) is 5.75 Å². The largest absolute Gasteiger partial charge is 0.484 e. The Hall–Kier alpha value is -2.89. The minimum atomic E-state index is -0.412. The van der Waals surface area contributed by atoms with Crippen molar-refractivity contribution in [3.8, 4) is 5.75 Å². The number of halogens is 1. The average Bonchev–Trinajstić information content (AvgIpc) is 2.85. The van der Waals surface area contributed by atoms with Crippen LogP contribution in [0.1, 0.15) is 11.1 Å². The molecule has 2 amide bonds. The third-order valence-electron chi connectivity index (χ3n) is 3.88. The maximum absolute atomic E-state index is 13.0. The van der Waals surface area contributed by atoms with Gasteiger partial charge in [-0.3, -0.25) is 9.59 Å². The van der Waals surface area contributed by atoms with Crippen LogP contribution in [0.25, 0.3) is 0 Å². The van der Waals surface area contributed by atoms with E-state index in [4.69, 9.17) is 4.74 Å². The lowest BCUT2D eigenvalue weighted by atomic mass is 10.1. The van der Waals surface area contributed by atoms with Crippen molar-refractivity contribution in [3.05, 3.63) is 59.4 Å². The molecule has 0 bridgehead atoms. The Kier molecular flexibility index (Phi) is 4.46. The molecule has 1 aliphatic heterocycles. The lowest BCUT2D eigenvalue weighted by Crippen LogP contribution is -2.28. The van der Waals surface area contributed by atoms with Crippen molar-refractivity contribution in [2.45, 2.75) is 13.0 Å². The van der Waals surface area contributed by atoms with Gasteiger partial charge >= 0.3 is 0 Å². The number of benzene rings is 2. The van der Waals surface area contributed by atoms with Crippen LogP contribution in [-0.2, 0) is 22.6 Å². The van der Waals surface area contributed by atoms with Crippen LogP contribution in [0.2, 0.25) is 0 Å². The maximum atomic E-state index is 13.0. The molecule has 124 valence electrons. The van der Waals surface area contributed by atoms with Crippen molar-refractivity contribution in [1.29, 1.82) is 0 Å². The first-order valence-electron chi connectivity index (χ1n) is 7.56. The van der Waals surface area contributed by atoms with Gasteiger partial charge in [0, 0.05) is 25.3 Å². The van der Waals surface area contributed by atoms with Crippen molar-refractivity contribution in [2.24, 2.45) is 0 Å². The summed E-state index contributed by atoms with van der Waals surface area (Å²) in [6.45, 7) is 0.159. The second-order valence-corrected chi connectivity index (χ2v) is 5.62. The van der Waals surface area contributed by atoms with Gasteiger partial charge in [0.2, 0.25) is 5.91 Å². The molecule has 2 aromatic rings. The fraction of sp³-hybridized carbons (Fsp3) is 0.222. The Morgan fingerprint density at radius 3 is 2.92 bits per heavy atom. The first-order valence-corrected chi connectivity index (χ1v) is 7.56. The van der Waals surface area contributed by atoms with Crippen LogP contribution in [-0.4, -0.2) is 25.5 Å². The summed E-state index contributed by atoms with van der Waals surface area (Å²) in [5.41, 5.74) is 2.78. The van der Waals surface area contributed by atoms with Gasteiger partial charge in [-0.1, -0.05) is 18.2 Å². The molecule has 5 nitrogen and oxygen atoms in total. The van der Waals surface area contributed by atoms with E-state index in [1.54, 1.807) is 18.0 Å². The Morgan fingerprint density at radius 1 is 1.29 bits per heavy atom. The molecule has 1 N–H and O–H groups in total. The molecule has 3 rings (SSSR count). The molecule has 0 radical (unpaired) electrons. The minimum Gasteiger partial charge on any atom is -0.484 e. The fourth-order valence-electron chi connectivity index (χ4n) is 2.59. The molecule has 1 aliphatic rings. The highest BCUT2D eigenvalue weighted by Gasteiger charge is 2.23. The van der Waals surface area contributed by atoms with Gasteiger partial charge in [0.1, 0.15) is 11.6 Å². The third-order valence-corrected chi connectivity index (χ3v) is 3.88. The summed E-state index contributed by atoms with van der Waals surface area (Å²) in [4.78, 5) is 25.1. The molecule has 0 aliphatic carbocycles. The van der Waals surface area contributed by atoms with Crippen LogP contribution in [0.15, 0.2) is 42.5 Å². The number of anilines is 1. The second-order valence-electron chi connectivity index (χ2n) is 5.62. The Bertz CT molecular complexity index is 792. The van der Waals surface area contributed by atoms with Crippen LogP contribution in [0, 0.1) is 5.82 Å². The SMILES string of the molecule is CN1C(=O)Cc2cc(CNC(=O)COc3cccc(F)c3)ccc21. The molecule has 2 aromatic carbocycles. The minimum absolute atomic E-state index is 0.0645. The lowest BCUT2D eigenvalue weighted by molar-refractivity contribution is -0.123. The first kappa shape index (κ1) is 16.0. The van der Waals surface area contributed by atoms with E-state index in [2.05, 4.69) is 5.32 Å². The Labute approximate surface area is 139 Å². The van der Waals surface area contributed by atoms with E-state index in [1.165, 1.54) is 18.2 Å². The van der Waals surface area contributed by atoms with Gasteiger partial charge in [-0.2, -0.15) is 0 Å². The number of nitrogens with zero attached hydrogens (tertiary/aromatic N) is 1. The number of likely N-dealkylation sites (N-methyl/N-ethyl adjacent to an activating group) is 1. The van der Waals surface area contributed by atoms with E-state index >= 15 is 0 Å². The molecular weight excluding hydrogens is 311 g/mol. The molecule has 24 heavy (non-hydrogen) atoms. The van der Waals surface area contributed by atoms with E-state index < -0.39 is 5.82 Å². The van der Waals surface area contributed by atoms with E-state index in [0.717, 1.165) is 16.8 Å². The van der Waals surface area contributed by atoms with Crippen LogP contribution in [0.3, 0.4) is 0 Å². The standard InChI is InChI=1S/C18H17FN2O3/c1-21-16-6-5-12(7-13(16)8-18(21)23)10-20-17(22)11-24-15-4-2-3-14(19)9-15/h2-7,9H,8,10-11H2,1H3,(H,20,22). The highest BCUT2D eigenvalue weighted by atomic mass is 19.1. The molecular formula is C18H17FN2O3. The second kappa shape index (κ2) is 6.70. The van der Waals surface area contributed by atoms with Crippen LogP contribution < -0.4 is 15.0 Å². The van der Waals surface area contributed by atoms with Crippen molar-refractivity contribution in [1.82, 2.24) is 5.32 Å². The number of fused-ring (bicyclic) bond motifs is 1. The Morgan fingerprint density at radius 2 is 2.12 bits per heavy atom. The first-order chi connectivity index (χ1) is 11.5. The van der Waals surface area contributed by atoms with E-state index in [1.807, 2.05) is 18.2 Å². The topological polar surface area (TPSA) is 58.6 Å². The van der Waals surface area contributed by atoms with Crippen molar-refractivity contribution in [2.75, 3.05) is 18.6 Å². The van der Waals surface area contributed by atoms with E-state index in [-0.39, 0.29) is 18.4 Å². The van der Waals surface area contributed by atoms with Crippen LogP contribution in [0.4, 0.5) is 10.1 Å². The number of carbonyl (C=O) groups excluding carboxylic acids is 2. The zero-order valence-electron chi connectivity index (χ0n) is 13.2. The normalized spacial score (nSPS) is 12.9. The Balaban J connectivity index is 1.52. The van der Waals surface area contributed by atoms with Gasteiger partial charge in [0.05, 0.1) is 6.42 Å². The highest BCUT2D eigenvalue weighted by molar-refractivity contribution is 6.00. The van der Waals surface area contributed by atoms with Gasteiger partial charge in [-0.05, 0) is 29.3 Å². The summed E-state index contributed by atoms with van der Waals surface area (Å²) in [6.07, 6.45) is 0.385. The summed E-state index contributed by atoms with van der Waals surface area (Å²) < 4.78 is 18.3. The molecule has 6 heteroatoms. The number of hydrogen-bond donors (Lipinski definition) is 1. The number of hydrogen-bond acceptors (Lipinski definition) is 3. The summed E-state index contributed by atoms with van der Waals surface area (Å²) in [6, 6.07) is 11.3. The zero-order valence-corrected chi connectivity index (χ0v) is 13.2. The summed E-state index contributed by atoms with van der Waals surface area (Å²) in [7, 11) is 1.75. The fourth-order valence-corrected chi connectivity index (χ4v) is 2.59. The van der Waals surface area contributed by atoms with Gasteiger partial charge in [0.25, 0.3) is 5.91 Å². The quantitative estimate of drug-likeness (QED) is 0.914. The molecule has 1 heterocycles. The van der Waals surface area contributed by atoms with Gasteiger partial charge in [-0.25, -0.2) is 4.39 Å². The number of rotatable bonds is 5. The molecule has 0 fully saturated rings. The van der Waals surface area contributed by atoms with E-state index in [0.29, 0.717) is 18.7 Å². The van der Waals surface area contributed by atoms with Crippen molar-refractivity contribution in [3.63, 3.8) is 0 Å². The number of ether oxygens (including phenoxy) is 1. The molecule has 0 saturated heterocycles. The summed E-state index contributed by atoms with van der Waals surface area (Å²) in [5.74, 6) is -0.336. The molecule has 0 atom stereocenters. The smallest absolute Gasteiger partial charge is 0.258 e. The van der Waals surface area contributed by atoms with Crippen molar-refractivity contribution >= 4 is 17.5 Å². The molecule has 0 aromatic heterocycles. The monoisotopic (exact) mass is 328 g/mol. The lowest BCUT2D eigenvalue weighted by Gasteiger charge is -2.11. The third kappa shape index (κ3) is 3.53. The number of carbonyl (C=O) groups is 2. The van der Waals surface area contributed by atoms with Gasteiger partial charge < -0.3 is 15.0 Å². The predicted molar refractivity (Wildman–Crippen MR) is 87.3 cm³/mol. The zero-order chi connectivity index (χ0) is 17.1. The van der Waals surface area contributed by atoms with E-state index in [9.17, 15) is 14.0 Å². The predicted octanol–water partition coefficient (Wildman–Crippen LogP) is 2.04. The maximum Gasteiger partial charge on any atom is 0.258 e. The highest BCUT2D eigenvalue weighted by Crippen LogP contribution is 2.28.